The van der Waals surface area contributed by atoms with Crippen LogP contribution in [0.25, 0.3) is 28.2 Å². The first kappa shape index (κ1) is 13.5. The van der Waals surface area contributed by atoms with E-state index in [1.165, 1.54) is 0 Å². The van der Waals surface area contributed by atoms with Crippen LogP contribution in [0.4, 0.5) is 0 Å². The highest BCUT2D eigenvalue weighted by molar-refractivity contribution is 5.82. The van der Waals surface area contributed by atoms with Crippen LogP contribution in [0, 0.1) is 0 Å². The molecule has 0 saturated carbocycles. The topological polar surface area (TPSA) is 39.9 Å². The van der Waals surface area contributed by atoms with Crippen molar-refractivity contribution < 1.29 is 4.74 Å². The van der Waals surface area contributed by atoms with Crippen LogP contribution in [0.3, 0.4) is 0 Å². The zero-order chi connectivity index (χ0) is 15.6. The molecule has 0 unspecified atom stereocenters. The average Bonchev–Trinajstić information content (AvgIpc) is 3.02. The van der Waals surface area contributed by atoms with Crippen molar-refractivity contribution in [1.29, 1.82) is 0 Å². The summed E-state index contributed by atoms with van der Waals surface area (Å²) in [6.45, 7) is 0. The van der Waals surface area contributed by atoms with Crippen LogP contribution in [-0.4, -0.2) is 21.6 Å². The van der Waals surface area contributed by atoms with Gasteiger partial charge < -0.3 is 4.74 Å². The van der Waals surface area contributed by atoms with Crippen LogP contribution >= 0.6 is 0 Å². The molecule has 4 heteroatoms. The molecule has 0 fully saturated rings. The number of aromatic nitrogens is 3. The number of methoxy groups -OCH3 is 1. The molecule has 0 spiro atoms. The second kappa shape index (κ2) is 5.57. The van der Waals surface area contributed by atoms with Gasteiger partial charge in [-0.2, -0.15) is 0 Å². The van der Waals surface area contributed by atoms with Gasteiger partial charge in [-0.1, -0.05) is 18.2 Å². The van der Waals surface area contributed by atoms with Crippen LogP contribution < -0.4 is 4.74 Å². The van der Waals surface area contributed by atoms with Crippen LogP contribution in [0.15, 0.2) is 72.9 Å². The lowest BCUT2D eigenvalue weighted by Crippen LogP contribution is -1.98. The van der Waals surface area contributed by atoms with Gasteiger partial charge in [-0.25, -0.2) is 4.98 Å². The Balaban J connectivity index is 1.99. The van der Waals surface area contributed by atoms with Gasteiger partial charge in [-0.15, -0.1) is 0 Å². The van der Waals surface area contributed by atoms with E-state index in [9.17, 15) is 0 Å². The van der Waals surface area contributed by atoms with Crippen molar-refractivity contribution in [2.24, 2.45) is 0 Å². The highest BCUT2D eigenvalue weighted by Crippen LogP contribution is 2.28. The fourth-order valence-corrected chi connectivity index (χ4v) is 2.69. The number of hydrogen-bond acceptors (Lipinski definition) is 3. The predicted molar refractivity (Wildman–Crippen MR) is 90.9 cm³/mol. The van der Waals surface area contributed by atoms with Gasteiger partial charge in [-0.3, -0.25) is 9.55 Å². The molecule has 112 valence electrons. The Hall–Kier alpha value is -3.14. The van der Waals surface area contributed by atoms with Crippen molar-refractivity contribution in [2.75, 3.05) is 7.11 Å². The lowest BCUT2D eigenvalue weighted by molar-refractivity contribution is 0.415. The molecular formula is C19H15N3O. The lowest BCUT2D eigenvalue weighted by Gasteiger charge is -2.09. The van der Waals surface area contributed by atoms with E-state index in [0.717, 1.165) is 34.0 Å². The Morgan fingerprint density at radius 2 is 1.65 bits per heavy atom. The SMILES string of the molecule is COc1ccc(-n2c(-c3ccccn3)nc3ccccc32)cc1. The smallest absolute Gasteiger partial charge is 0.164 e. The second-order valence-corrected chi connectivity index (χ2v) is 5.17. The normalized spacial score (nSPS) is 10.8. The number of pyridine rings is 1. The molecule has 2 heterocycles. The van der Waals surface area contributed by atoms with E-state index in [2.05, 4.69) is 15.6 Å². The summed E-state index contributed by atoms with van der Waals surface area (Å²) in [7, 11) is 1.67. The summed E-state index contributed by atoms with van der Waals surface area (Å²) >= 11 is 0. The Morgan fingerprint density at radius 1 is 0.870 bits per heavy atom. The highest BCUT2D eigenvalue weighted by Gasteiger charge is 2.14. The Bertz CT molecular complexity index is 943. The van der Waals surface area contributed by atoms with Crippen molar-refractivity contribution in [3.8, 4) is 23.0 Å². The summed E-state index contributed by atoms with van der Waals surface area (Å²) in [4.78, 5) is 9.23. The van der Waals surface area contributed by atoms with Crippen LogP contribution in [0.1, 0.15) is 0 Å². The maximum absolute atomic E-state index is 5.25. The zero-order valence-corrected chi connectivity index (χ0v) is 12.7. The molecule has 0 bridgehead atoms. The van der Waals surface area contributed by atoms with Gasteiger partial charge in [-0.05, 0) is 48.5 Å². The third-order valence-corrected chi connectivity index (χ3v) is 3.79. The second-order valence-electron chi connectivity index (χ2n) is 5.17. The number of fused-ring (bicyclic) bond motifs is 1. The molecule has 0 amide bonds. The minimum Gasteiger partial charge on any atom is -0.497 e. The van der Waals surface area contributed by atoms with Crippen molar-refractivity contribution in [3.05, 3.63) is 72.9 Å². The summed E-state index contributed by atoms with van der Waals surface area (Å²) < 4.78 is 7.37. The standard InChI is InChI=1S/C19H15N3O/c1-23-15-11-9-14(10-12-15)22-18-8-3-2-6-16(18)21-19(22)17-7-4-5-13-20-17/h2-13H,1H3. The maximum Gasteiger partial charge on any atom is 0.164 e. The molecule has 0 aliphatic rings. The van der Waals surface area contributed by atoms with Crippen molar-refractivity contribution in [2.45, 2.75) is 0 Å². The third-order valence-electron chi connectivity index (χ3n) is 3.79. The van der Waals surface area contributed by atoms with E-state index in [0.29, 0.717) is 0 Å². The van der Waals surface area contributed by atoms with E-state index in [1.807, 2.05) is 60.7 Å². The summed E-state index contributed by atoms with van der Waals surface area (Å²) in [5.74, 6) is 1.66. The van der Waals surface area contributed by atoms with Crippen molar-refractivity contribution in [1.82, 2.24) is 14.5 Å². The maximum atomic E-state index is 5.25. The minimum absolute atomic E-state index is 0.831. The van der Waals surface area contributed by atoms with E-state index in [4.69, 9.17) is 9.72 Å². The van der Waals surface area contributed by atoms with E-state index in [1.54, 1.807) is 13.3 Å². The Labute approximate surface area is 134 Å². The zero-order valence-electron chi connectivity index (χ0n) is 12.7. The molecule has 4 aromatic rings. The Kier molecular flexibility index (Phi) is 3.27. The molecular weight excluding hydrogens is 286 g/mol. The van der Waals surface area contributed by atoms with E-state index >= 15 is 0 Å². The first-order valence-electron chi connectivity index (χ1n) is 7.40. The molecule has 0 aliphatic heterocycles. The monoisotopic (exact) mass is 301 g/mol. The number of ether oxygens (including phenoxy) is 1. The highest BCUT2D eigenvalue weighted by atomic mass is 16.5. The minimum atomic E-state index is 0.831. The van der Waals surface area contributed by atoms with E-state index < -0.39 is 0 Å². The van der Waals surface area contributed by atoms with Gasteiger partial charge in [0.1, 0.15) is 11.4 Å². The molecule has 4 nitrogen and oxygen atoms in total. The van der Waals surface area contributed by atoms with Gasteiger partial charge in [0.2, 0.25) is 0 Å². The number of hydrogen-bond donors (Lipinski definition) is 0. The van der Waals surface area contributed by atoms with Gasteiger partial charge >= 0.3 is 0 Å². The molecule has 0 atom stereocenters. The lowest BCUT2D eigenvalue weighted by atomic mass is 10.2. The van der Waals surface area contributed by atoms with Gasteiger partial charge in [0.05, 0.1) is 18.1 Å². The quantitative estimate of drug-likeness (QED) is 0.572. The number of para-hydroxylation sites is 2. The largest absolute Gasteiger partial charge is 0.497 e. The summed E-state index contributed by atoms with van der Waals surface area (Å²) in [5.41, 5.74) is 3.88. The van der Waals surface area contributed by atoms with E-state index in [-0.39, 0.29) is 0 Å². The summed E-state index contributed by atoms with van der Waals surface area (Å²) in [6, 6.07) is 21.9. The first-order valence-corrected chi connectivity index (χ1v) is 7.40. The molecule has 0 N–H and O–H groups in total. The summed E-state index contributed by atoms with van der Waals surface area (Å²) in [6.07, 6.45) is 1.78. The molecule has 4 rings (SSSR count). The van der Waals surface area contributed by atoms with Gasteiger partial charge in [0, 0.05) is 11.9 Å². The van der Waals surface area contributed by atoms with Crippen molar-refractivity contribution >= 4 is 11.0 Å². The molecule has 23 heavy (non-hydrogen) atoms. The fourth-order valence-electron chi connectivity index (χ4n) is 2.69. The number of benzene rings is 2. The van der Waals surface area contributed by atoms with Crippen LogP contribution in [-0.2, 0) is 0 Å². The fraction of sp³-hybridized carbons (Fsp3) is 0.0526. The number of rotatable bonds is 3. The molecule has 2 aromatic heterocycles. The molecule has 0 radical (unpaired) electrons. The summed E-state index contributed by atoms with van der Waals surface area (Å²) in [5, 5.41) is 0. The van der Waals surface area contributed by atoms with Crippen LogP contribution in [0.5, 0.6) is 5.75 Å². The van der Waals surface area contributed by atoms with Gasteiger partial charge in [0.15, 0.2) is 5.82 Å². The first-order chi connectivity index (χ1) is 11.4. The number of nitrogens with zero attached hydrogens (tertiary/aromatic N) is 3. The molecule has 0 aliphatic carbocycles. The molecule has 2 aromatic carbocycles. The molecule has 0 saturated heterocycles. The van der Waals surface area contributed by atoms with Gasteiger partial charge in [0.25, 0.3) is 0 Å². The number of imidazole rings is 1. The Morgan fingerprint density at radius 3 is 2.39 bits per heavy atom. The van der Waals surface area contributed by atoms with Crippen LogP contribution in [0.2, 0.25) is 0 Å². The van der Waals surface area contributed by atoms with Crippen molar-refractivity contribution in [3.63, 3.8) is 0 Å². The third kappa shape index (κ3) is 2.34. The predicted octanol–water partition coefficient (Wildman–Crippen LogP) is 4.10. The average molecular weight is 301 g/mol.